The number of amides is 1. The molecule has 0 saturated carbocycles. The van der Waals surface area contributed by atoms with Crippen molar-refractivity contribution in [1.29, 1.82) is 0 Å². The first kappa shape index (κ1) is 26.9. The molecule has 0 saturated heterocycles. The summed E-state index contributed by atoms with van der Waals surface area (Å²) in [5.41, 5.74) is 0.907. The van der Waals surface area contributed by atoms with E-state index >= 15 is 0 Å². The highest BCUT2D eigenvalue weighted by molar-refractivity contribution is 9.10. The molecule has 0 radical (unpaired) electrons. The van der Waals surface area contributed by atoms with E-state index in [0.717, 1.165) is 0 Å². The van der Waals surface area contributed by atoms with Gasteiger partial charge in [-0.05, 0) is 46.3 Å². The van der Waals surface area contributed by atoms with Crippen LogP contribution in [-0.2, 0) is 4.79 Å². The number of methoxy groups -OCH3 is 1. The Morgan fingerprint density at radius 1 is 0.944 bits per heavy atom. The molecule has 4 aromatic rings. The average molecular weight is 653 g/mol. The van der Waals surface area contributed by atoms with Crippen molar-refractivity contribution in [2.24, 2.45) is 0 Å². The van der Waals surface area contributed by atoms with Gasteiger partial charge in [0.2, 0.25) is 5.78 Å². The minimum absolute atomic E-state index is 0.0386. The smallest absolute Gasteiger partial charge is 0.262 e. The van der Waals surface area contributed by atoms with Gasteiger partial charge in [-0.3, -0.25) is 9.59 Å². The van der Waals surface area contributed by atoms with E-state index in [2.05, 4.69) is 21.2 Å². The normalized spacial score (nSPS) is 11.0. The molecule has 0 aliphatic heterocycles. The molecule has 1 amide bonds. The number of ether oxygens (including phenoxy) is 2. The number of carbonyl (C=O) groups excluding carboxylic acids is 2. The van der Waals surface area contributed by atoms with Crippen LogP contribution in [0.4, 0.5) is 5.69 Å². The fourth-order valence-corrected chi connectivity index (χ4v) is 5.06. The third-order valence-electron chi connectivity index (χ3n) is 5.00. The summed E-state index contributed by atoms with van der Waals surface area (Å²) >= 11 is 33.8. The number of para-hydroxylation sites is 1. The minimum Gasteiger partial charge on any atom is -0.496 e. The number of ketones is 1. The van der Waals surface area contributed by atoms with E-state index in [4.69, 9.17) is 71.9 Å². The van der Waals surface area contributed by atoms with Crippen LogP contribution >= 0.6 is 73.9 Å². The van der Waals surface area contributed by atoms with Gasteiger partial charge in [0.15, 0.2) is 18.1 Å². The average Bonchev–Trinajstić information content (AvgIpc) is 3.24. The SMILES string of the molecule is COc1ccc(C(=O)c2oc3ccccc3c2NC(=O)COc2c(Cl)c(Cl)c(Cl)c(Cl)c2Cl)cc1Br. The lowest BCUT2D eigenvalue weighted by Crippen LogP contribution is -2.21. The highest BCUT2D eigenvalue weighted by Gasteiger charge is 2.25. The number of hydrogen-bond donors (Lipinski definition) is 1. The van der Waals surface area contributed by atoms with E-state index < -0.39 is 18.3 Å². The lowest BCUT2D eigenvalue weighted by Gasteiger charge is -2.13. The predicted octanol–water partition coefficient (Wildman–Crippen LogP) is 8.72. The van der Waals surface area contributed by atoms with Crippen molar-refractivity contribution in [3.05, 3.63) is 83.4 Å². The van der Waals surface area contributed by atoms with E-state index in [1.54, 1.807) is 42.5 Å². The number of halogens is 6. The molecule has 186 valence electrons. The summed E-state index contributed by atoms with van der Waals surface area (Å²) in [6.07, 6.45) is 0. The van der Waals surface area contributed by atoms with Crippen LogP contribution in [0.1, 0.15) is 16.1 Å². The van der Waals surface area contributed by atoms with E-state index in [0.29, 0.717) is 26.8 Å². The van der Waals surface area contributed by atoms with Crippen LogP contribution in [0.3, 0.4) is 0 Å². The largest absolute Gasteiger partial charge is 0.496 e. The third-order valence-corrected chi connectivity index (χ3v) is 7.86. The zero-order valence-corrected chi connectivity index (χ0v) is 23.4. The van der Waals surface area contributed by atoms with Gasteiger partial charge in [0.1, 0.15) is 21.4 Å². The number of fused-ring (bicyclic) bond motifs is 1. The monoisotopic (exact) mass is 649 g/mol. The Morgan fingerprint density at radius 3 is 2.22 bits per heavy atom. The maximum absolute atomic E-state index is 13.3. The number of furan rings is 1. The fourth-order valence-electron chi connectivity index (χ4n) is 3.29. The second-order valence-electron chi connectivity index (χ2n) is 7.22. The first-order chi connectivity index (χ1) is 17.1. The Hall–Kier alpha value is -2.13. The van der Waals surface area contributed by atoms with Crippen molar-refractivity contribution in [1.82, 2.24) is 0 Å². The molecule has 0 aliphatic rings. The second kappa shape index (κ2) is 11.1. The molecular weight excluding hydrogens is 639 g/mol. The number of rotatable bonds is 7. The van der Waals surface area contributed by atoms with Crippen LogP contribution < -0.4 is 14.8 Å². The molecule has 0 bridgehead atoms. The number of benzene rings is 3. The summed E-state index contributed by atoms with van der Waals surface area (Å²) in [4.78, 5) is 26.2. The number of carbonyl (C=O) groups is 2. The van der Waals surface area contributed by atoms with Crippen LogP contribution in [-0.4, -0.2) is 25.4 Å². The molecule has 1 N–H and O–H groups in total. The van der Waals surface area contributed by atoms with Crippen LogP contribution in [0.5, 0.6) is 11.5 Å². The zero-order chi connectivity index (χ0) is 26.1. The van der Waals surface area contributed by atoms with Gasteiger partial charge in [-0.2, -0.15) is 0 Å². The van der Waals surface area contributed by atoms with Gasteiger partial charge in [-0.1, -0.05) is 70.1 Å². The van der Waals surface area contributed by atoms with E-state index in [9.17, 15) is 9.59 Å². The molecule has 6 nitrogen and oxygen atoms in total. The predicted molar refractivity (Wildman–Crippen MR) is 146 cm³/mol. The molecule has 0 fully saturated rings. The highest BCUT2D eigenvalue weighted by Crippen LogP contribution is 2.48. The second-order valence-corrected chi connectivity index (χ2v) is 9.96. The number of anilines is 1. The van der Waals surface area contributed by atoms with E-state index in [1.165, 1.54) is 7.11 Å². The summed E-state index contributed by atoms with van der Waals surface area (Å²) in [6, 6.07) is 11.7. The van der Waals surface area contributed by atoms with Gasteiger partial charge < -0.3 is 19.2 Å². The van der Waals surface area contributed by atoms with Crippen molar-refractivity contribution < 1.29 is 23.5 Å². The Balaban J connectivity index is 1.64. The highest BCUT2D eigenvalue weighted by atomic mass is 79.9. The molecule has 0 atom stereocenters. The lowest BCUT2D eigenvalue weighted by molar-refractivity contribution is -0.118. The van der Waals surface area contributed by atoms with Crippen molar-refractivity contribution >= 4 is 102 Å². The molecule has 36 heavy (non-hydrogen) atoms. The molecule has 1 aromatic heterocycles. The van der Waals surface area contributed by atoms with Crippen molar-refractivity contribution in [3.8, 4) is 11.5 Å². The summed E-state index contributed by atoms with van der Waals surface area (Å²) in [6.45, 7) is -0.533. The molecule has 0 unspecified atom stereocenters. The van der Waals surface area contributed by atoms with Crippen LogP contribution in [0.15, 0.2) is 51.4 Å². The minimum atomic E-state index is -0.624. The maximum atomic E-state index is 13.3. The Bertz CT molecular complexity index is 1490. The van der Waals surface area contributed by atoms with Crippen molar-refractivity contribution in [2.75, 3.05) is 19.0 Å². The topological polar surface area (TPSA) is 77.8 Å². The van der Waals surface area contributed by atoms with Gasteiger partial charge in [0.25, 0.3) is 5.91 Å². The quantitative estimate of drug-likeness (QED) is 0.123. The van der Waals surface area contributed by atoms with Gasteiger partial charge in [-0.15, -0.1) is 0 Å². The van der Waals surface area contributed by atoms with Gasteiger partial charge in [0, 0.05) is 10.9 Å². The van der Waals surface area contributed by atoms with Crippen molar-refractivity contribution in [3.63, 3.8) is 0 Å². The molecule has 1 heterocycles. The molecular formula is C24H13BrCl5NO5. The number of nitrogens with one attached hydrogen (secondary N) is 1. The first-order valence-electron chi connectivity index (χ1n) is 9.97. The van der Waals surface area contributed by atoms with Gasteiger partial charge in [-0.25, -0.2) is 0 Å². The summed E-state index contributed by atoms with van der Waals surface area (Å²) in [5.74, 6) is -0.685. The Labute approximate surface area is 238 Å². The van der Waals surface area contributed by atoms with E-state index in [1.807, 2.05) is 0 Å². The molecule has 12 heteroatoms. The summed E-state index contributed by atoms with van der Waals surface area (Å²) in [5, 5.41) is 2.83. The maximum Gasteiger partial charge on any atom is 0.262 e. The summed E-state index contributed by atoms with van der Waals surface area (Å²) in [7, 11) is 1.52. The van der Waals surface area contributed by atoms with Gasteiger partial charge >= 0.3 is 0 Å². The van der Waals surface area contributed by atoms with Crippen LogP contribution in [0.2, 0.25) is 25.1 Å². The van der Waals surface area contributed by atoms with Gasteiger partial charge in [0.05, 0.1) is 32.3 Å². The van der Waals surface area contributed by atoms with E-state index in [-0.39, 0.29) is 42.3 Å². The number of hydrogen-bond acceptors (Lipinski definition) is 5. The lowest BCUT2D eigenvalue weighted by atomic mass is 10.1. The fraction of sp³-hybridized carbons (Fsp3) is 0.0833. The first-order valence-corrected chi connectivity index (χ1v) is 12.7. The van der Waals surface area contributed by atoms with Crippen molar-refractivity contribution in [2.45, 2.75) is 0 Å². The molecule has 0 aliphatic carbocycles. The summed E-state index contributed by atoms with van der Waals surface area (Å²) < 4.78 is 17.1. The molecule has 3 aromatic carbocycles. The van der Waals surface area contributed by atoms with Crippen LogP contribution in [0, 0.1) is 0 Å². The Kier molecular flexibility index (Phi) is 8.29. The third kappa shape index (κ3) is 5.14. The Morgan fingerprint density at radius 2 is 1.58 bits per heavy atom. The standard InChI is InChI=1S/C24H13BrCl5NO5/c1-34-14-7-6-10(8-12(14)25)22(33)24-21(11-4-2-3-5-13(11)36-24)31-15(32)9-35-23-19(29)17(27)16(26)18(28)20(23)30/h2-8H,9H2,1H3,(H,31,32). The van der Waals surface area contributed by atoms with Crippen LogP contribution in [0.25, 0.3) is 11.0 Å². The zero-order valence-electron chi connectivity index (χ0n) is 18.1. The molecule has 0 spiro atoms. The molecule has 4 rings (SSSR count).